The van der Waals surface area contributed by atoms with E-state index in [-0.39, 0.29) is 0 Å². The molecular weight excluding hydrogens is 236 g/mol. The summed E-state index contributed by atoms with van der Waals surface area (Å²) in [7, 11) is 0. The van der Waals surface area contributed by atoms with Crippen molar-refractivity contribution in [3.8, 4) is 0 Å². The van der Waals surface area contributed by atoms with Gasteiger partial charge < -0.3 is 9.64 Å². The second kappa shape index (κ2) is 4.84. The summed E-state index contributed by atoms with van der Waals surface area (Å²) in [4.78, 5) is 4.84. The Kier molecular flexibility index (Phi) is 3.23. The molecule has 0 saturated carbocycles. The van der Waals surface area contributed by atoms with E-state index in [4.69, 9.17) is 16.3 Å². The smallest absolute Gasteiger partial charge is 0.0936 e. The lowest BCUT2D eigenvalue weighted by Gasteiger charge is -2.36. The van der Waals surface area contributed by atoms with E-state index in [1.54, 1.807) is 0 Å². The Morgan fingerprint density at radius 1 is 1.18 bits per heavy atom. The van der Waals surface area contributed by atoms with Gasteiger partial charge in [-0.05, 0) is 12.1 Å². The normalized spacial score (nSPS) is 25.0. The summed E-state index contributed by atoms with van der Waals surface area (Å²) < 4.78 is 5.27. The van der Waals surface area contributed by atoms with Crippen LogP contribution in [0.3, 0.4) is 0 Å². The molecule has 0 amide bonds. The summed E-state index contributed by atoms with van der Waals surface area (Å²) in [5.74, 6) is 0. The Bertz CT molecular complexity index is 387. The number of para-hydroxylation sites is 1. The van der Waals surface area contributed by atoms with Crippen LogP contribution in [0.1, 0.15) is 0 Å². The van der Waals surface area contributed by atoms with Gasteiger partial charge in [-0.25, -0.2) is 0 Å². The SMILES string of the molecule is Clc1ccccc1N1CCN(CC2CO2)CC1. The Labute approximate surface area is 107 Å². The maximum Gasteiger partial charge on any atom is 0.0936 e. The molecule has 0 aromatic heterocycles. The standard InChI is InChI=1S/C13H17ClN2O/c14-12-3-1-2-4-13(12)16-7-5-15(6-8-16)9-11-10-17-11/h1-4,11H,5-10H2. The van der Waals surface area contributed by atoms with Crippen molar-refractivity contribution >= 4 is 17.3 Å². The van der Waals surface area contributed by atoms with Gasteiger partial charge in [0.1, 0.15) is 0 Å². The summed E-state index contributed by atoms with van der Waals surface area (Å²) >= 11 is 6.21. The van der Waals surface area contributed by atoms with E-state index in [1.165, 1.54) is 0 Å². The van der Waals surface area contributed by atoms with Gasteiger partial charge in [-0.3, -0.25) is 4.90 Å². The topological polar surface area (TPSA) is 19.0 Å². The predicted octanol–water partition coefficient (Wildman–Crippen LogP) is 1.86. The minimum Gasteiger partial charge on any atom is -0.372 e. The van der Waals surface area contributed by atoms with Crippen molar-refractivity contribution in [1.29, 1.82) is 0 Å². The molecule has 2 fully saturated rings. The van der Waals surface area contributed by atoms with E-state index in [0.29, 0.717) is 6.10 Å². The molecule has 0 aliphatic carbocycles. The first kappa shape index (κ1) is 11.3. The van der Waals surface area contributed by atoms with Crippen LogP contribution in [-0.4, -0.2) is 50.3 Å². The van der Waals surface area contributed by atoms with Crippen molar-refractivity contribution in [2.24, 2.45) is 0 Å². The molecule has 0 bridgehead atoms. The van der Waals surface area contributed by atoms with Gasteiger partial charge in [-0.2, -0.15) is 0 Å². The average Bonchev–Trinajstić information content (AvgIpc) is 3.15. The summed E-state index contributed by atoms with van der Waals surface area (Å²) in [6, 6.07) is 8.08. The van der Waals surface area contributed by atoms with Crippen LogP contribution in [0.2, 0.25) is 5.02 Å². The van der Waals surface area contributed by atoms with E-state index in [1.807, 2.05) is 18.2 Å². The molecular formula is C13H17ClN2O. The third kappa shape index (κ3) is 2.73. The van der Waals surface area contributed by atoms with Crippen LogP contribution in [0.4, 0.5) is 5.69 Å². The molecule has 0 N–H and O–H groups in total. The van der Waals surface area contributed by atoms with Crippen LogP contribution in [0, 0.1) is 0 Å². The Balaban J connectivity index is 1.58. The number of hydrogen-bond donors (Lipinski definition) is 0. The van der Waals surface area contributed by atoms with E-state index < -0.39 is 0 Å². The molecule has 0 radical (unpaired) electrons. The Morgan fingerprint density at radius 2 is 1.88 bits per heavy atom. The summed E-state index contributed by atoms with van der Waals surface area (Å²) in [5, 5.41) is 0.853. The van der Waals surface area contributed by atoms with E-state index >= 15 is 0 Å². The number of rotatable bonds is 3. The highest BCUT2D eigenvalue weighted by Gasteiger charge is 2.27. The average molecular weight is 253 g/mol. The molecule has 2 aliphatic heterocycles. The molecule has 17 heavy (non-hydrogen) atoms. The number of epoxide rings is 1. The van der Waals surface area contributed by atoms with Crippen molar-refractivity contribution < 1.29 is 4.74 Å². The molecule has 3 nitrogen and oxygen atoms in total. The molecule has 92 valence electrons. The van der Waals surface area contributed by atoms with Gasteiger partial charge in [0.05, 0.1) is 23.4 Å². The minimum absolute atomic E-state index is 0.502. The zero-order chi connectivity index (χ0) is 11.7. The maximum atomic E-state index is 6.21. The second-order valence-corrected chi connectivity index (χ2v) is 5.10. The Morgan fingerprint density at radius 3 is 2.53 bits per heavy atom. The molecule has 4 heteroatoms. The minimum atomic E-state index is 0.502. The van der Waals surface area contributed by atoms with E-state index in [0.717, 1.165) is 50.0 Å². The van der Waals surface area contributed by atoms with Crippen molar-refractivity contribution in [3.63, 3.8) is 0 Å². The zero-order valence-corrected chi connectivity index (χ0v) is 10.6. The number of nitrogens with zero attached hydrogens (tertiary/aromatic N) is 2. The molecule has 2 heterocycles. The van der Waals surface area contributed by atoms with Gasteiger partial charge in [0.15, 0.2) is 0 Å². The molecule has 1 unspecified atom stereocenters. The first-order chi connectivity index (χ1) is 8.33. The molecule has 0 spiro atoms. The molecule has 1 atom stereocenters. The van der Waals surface area contributed by atoms with Crippen LogP contribution >= 0.6 is 11.6 Å². The number of hydrogen-bond acceptors (Lipinski definition) is 3. The van der Waals surface area contributed by atoms with Gasteiger partial charge in [0.2, 0.25) is 0 Å². The van der Waals surface area contributed by atoms with Crippen LogP contribution in [-0.2, 0) is 4.74 Å². The summed E-state index contributed by atoms with van der Waals surface area (Å²) in [6.07, 6.45) is 0.502. The highest BCUT2D eigenvalue weighted by molar-refractivity contribution is 6.33. The van der Waals surface area contributed by atoms with Crippen molar-refractivity contribution in [3.05, 3.63) is 29.3 Å². The summed E-state index contributed by atoms with van der Waals surface area (Å²) in [5.41, 5.74) is 1.16. The number of benzene rings is 1. The number of halogens is 1. The highest BCUT2D eigenvalue weighted by atomic mass is 35.5. The lowest BCUT2D eigenvalue weighted by Crippen LogP contribution is -2.47. The van der Waals surface area contributed by atoms with Gasteiger partial charge in [-0.1, -0.05) is 23.7 Å². The first-order valence-electron chi connectivity index (χ1n) is 6.16. The first-order valence-corrected chi connectivity index (χ1v) is 6.54. The van der Waals surface area contributed by atoms with Gasteiger partial charge in [-0.15, -0.1) is 0 Å². The van der Waals surface area contributed by atoms with Crippen LogP contribution in [0.15, 0.2) is 24.3 Å². The molecule has 3 rings (SSSR count). The van der Waals surface area contributed by atoms with Gasteiger partial charge in [0.25, 0.3) is 0 Å². The third-order valence-electron chi connectivity index (χ3n) is 3.43. The highest BCUT2D eigenvalue weighted by Crippen LogP contribution is 2.26. The lowest BCUT2D eigenvalue weighted by molar-refractivity contribution is 0.230. The number of ether oxygens (including phenoxy) is 1. The van der Waals surface area contributed by atoms with Crippen LogP contribution < -0.4 is 4.90 Å². The van der Waals surface area contributed by atoms with Crippen molar-refractivity contribution in [1.82, 2.24) is 4.90 Å². The Hall–Kier alpha value is -0.770. The largest absolute Gasteiger partial charge is 0.372 e. The van der Waals surface area contributed by atoms with Gasteiger partial charge in [0, 0.05) is 32.7 Å². The quantitative estimate of drug-likeness (QED) is 0.766. The van der Waals surface area contributed by atoms with Crippen LogP contribution in [0.5, 0.6) is 0 Å². The monoisotopic (exact) mass is 252 g/mol. The van der Waals surface area contributed by atoms with E-state index in [2.05, 4.69) is 15.9 Å². The molecule has 2 saturated heterocycles. The van der Waals surface area contributed by atoms with Crippen molar-refractivity contribution in [2.45, 2.75) is 6.10 Å². The molecule has 1 aromatic rings. The fourth-order valence-electron chi connectivity index (χ4n) is 2.34. The molecule has 2 aliphatic rings. The summed E-state index contributed by atoms with van der Waals surface area (Å²) in [6.45, 7) is 6.35. The fraction of sp³-hybridized carbons (Fsp3) is 0.538. The van der Waals surface area contributed by atoms with Crippen molar-refractivity contribution in [2.75, 3.05) is 44.2 Å². The van der Waals surface area contributed by atoms with Crippen LogP contribution in [0.25, 0.3) is 0 Å². The van der Waals surface area contributed by atoms with E-state index in [9.17, 15) is 0 Å². The fourth-order valence-corrected chi connectivity index (χ4v) is 2.60. The number of piperazine rings is 1. The second-order valence-electron chi connectivity index (χ2n) is 4.69. The van der Waals surface area contributed by atoms with Gasteiger partial charge >= 0.3 is 0 Å². The molecule has 1 aromatic carbocycles. The maximum absolute atomic E-state index is 6.21. The lowest BCUT2D eigenvalue weighted by atomic mass is 10.2. The number of anilines is 1. The zero-order valence-electron chi connectivity index (χ0n) is 9.81. The predicted molar refractivity (Wildman–Crippen MR) is 69.8 cm³/mol. The third-order valence-corrected chi connectivity index (χ3v) is 3.75.